The highest BCUT2D eigenvalue weighted by molar-refractivity contribution is 7.99. The third-order valence-electron chi connectivity index (χ3n) is 4.51. The van der Waals surface area contributed by atoms with Crippen LogP contribution in [-0.2, 0) is 6.42 Å². The predicted molar refractivity (Wildman–Crippen MR) is 122 cm³/mol. The number of nitrogens with one attached hydrogen (secondary N) is 1. The Morgan fingerprint density at radius 1 is 0.931 bits per heavy atom. The van der Waals surface area contributed by atoms with Gasteiger partial charge in [-0.1, -0.05) is 43.7 Å². The lowest BCUT2D eigenvalue weighted by atomic mass is 10.1. The van der Waals surface area contributed by atoms with Crippen molar-refractivity contribution in [1.29, 1.82) is 0 Å². The van der Waals surface area contributed by atoms with Gasteiger partial charge in [0.2, 0.25) is 0 Å². The van der Waals surface area contributed by atoms with Crippen LogP contribution in [0, 0.1) is 0 Å². The lowest BCUT2D eigenvalue weighted by molar-refractivity contribution is 0.102. The molecule has 0 aliphatic carbocycles. The monoisotopic (exact) mass is 405 g/mol. The summed E-state index contributed by atoms with van der Waals surface area (Å²) in [5.41, 5.74) is 2.73. The van der Waals surface area contributed by atoms with E-state index < -0.39 is 0 Å². The highest BCUT2D eigenvalue weighted by Crippen LogP contribution is 2.19. The van der Waals surface area contributed by atoms with Crippen molar-refractivity contribution in [1.82, 2.24) is 0 Å². The van der Waals surface area contributed by atoms with Crippen LogP contribution in [0.15, 0.2) is 83.8 Å². The van der Waals surface area contributed by atoms with Gasteiger partial charge in [0.25, 0.3) is 5.91 Å². The van der Waals surface area contributed by atoms with Crippen molar-refractivity contribution < 1.29 is 9.53 Å². The quantitative estimate of drug-likeness (QED) is 0.311. The van der Waals surface area contributed by atoms with E-state index in [4.69, 9.17) is 4.74 Å². The number of ether oxygens (including phenoxy) is 1. The van der Waals surface area contributed by atoms with Crippen LogP contribution >= 0.6 is 11.8 Å². The topological polar surface area (TPSA) is 38.3 Å². The van der Waals surface area contributed by atoms with Gasteiger partial charge in [0.1, 0.15) is 5.75 Å². The van der Waals surface area contributed by atoms with E-state index in [1.165, 1.54) is 23.3 Å². The summed E-state index contributed by atoms with van der Waals surface area (Å²) in [5.74, 6) is 1.54. The third-order valence-corrected chi connectivity index (χ3v) is 5.49. The normalized spacial score (nSPS) is 10.5. The number of thioether (sulfide) groups is 1. The molecule has 0 saturated heterocycles. The zero-order valence-electron chi connectivity index (χ0n) is 16.8. The van der Waals surface area contributed by atoms with Crippen molar-refractivity contribution in [2.24, 2.45) is 0 Å². The van der Waals surface area contributed by atoms with E-state index in [0.717, 1.165) is 23.6 Å². The van der Waals surface area contributed by atoms with Crippen molar-refractivity contribution >= 4 is 23.4 Å². The molecule has 1 N–H and O–H groups in total. The fourth-order valence-corrected chi connectivity index (χ4v) is 3.63. The molecule has 0 aliphatic heterocycles. The maximum absolute atomic E-state index is 12.4. The van der Waals surface area contributed by atoms with Gasteiger partial charge in [0, 0.05) is 21.9 Å². The molecule has 0 radical (unpaired) electrons. The van der Waals surface area contributed by atoms with Crippen molar-refractivity contribution in [2.45, 2.75) is 31.1 Å². The first-order valence-corrected chi connectivity index (χ1v) is 11.0. The summed E-state index contributed by atoms with van der Waals surface area (Å²) in [6, 6.07) is 25.6. The molecule has 0 heterocycles. The van der Waals surface area contributed by atoms with Crippen molar-refractivity contribution in [3.05, 3.63) is 90.0 Å². The van der Waals surface area contributed by atoms with Gasteiger partial charge in [-0.05, 0) is 66.9 Å². The molecule has 1 amide bonds. The SMILES string of the molecule is CCCCc1ccc(NC(=O)c2ccc(OCCSc3ccccc3)cc2)cc1. The molecule has 3 rings (SSSR count). The molecule has 4 heteroatoms. The Labute approximate surface area is 177 Å². The van der Waals surface area contributed by atoms with Gasteiger partial charge in [-0.3, -0.25) is 4.79 Å². The fourth-order valence-electron chi connectivity index (χ4n) is 2.88. The summed E-state index contributed by atoms with van der Waals surface area (Å²) in [4.78, 5) is 13.7. The highest BCUT2D eigenvalue weighted by atomic mass is 32.2. The molecule has 3 nitrogen and oxygen atoms in total. The second-order valence-corrected chi connectivity index (χ2v) is 7.96. The minimum absolute atomic E-state index is 0.113. The van der Waals surface area contributed by atoms with Gasteiger partial charge < -0.3 is 10.1 Å². The van der Waals surface area contributed by atoms with Crippen LogP contribution < -0.4 is 10.1 Å². The minimum Gasteiger partial charge on any atom is -0.493 e. The predicted octanol–water partition coefficient (Wildman–Crippen LogP) is 6.45. The molecule has 0 aliphatic rings. The van der Waals surface area contributed by atoms with E-state index in [-0.39, 0.29) is 5.91 Å². The second-order valence-electron chi connectivity index (χ2n) is 6.79. The summed E-state index contributed by atoms with van der Waals surface area (Å²) in [6.45, 7) is 2.81. The van der Waals surface area contributed by atoms with Crippen LogP contribution in [0.5, 0.6) is 5.75 Å². The molecular formula is C25H27NO2S. The number of aryl methyl sites for hydroxylation is 1. The summed E-state index contributed by atoms with van der Waals surface area (Å²) in [6.07, 6.45) is 3.45. The Morgan fingerprint density at radius 2 is 1.66 bits per heavy atom. The Morgan fingerprint density at radius 3 is 2.34 bits per heavy atom. The van der Waals surface area contributed by atoms with Crippen LogP contribution in [0.2, 0.25) is 0 Å². The molecule has 0 unspecified atom stereocenters. The largest absolute Gasteiger partial charge is 0.493 e. The van der Waals surface area contributed by atoms with Crippen LogP contribution in [0.3, 0.4) is 0 Å². The fraction of sp³-hybridized carbons (Fsp3) is 0.240. The summed E-state index contributed by atoms with van der Waals surface area (Å²) in [5, 5.41) is 2.95. The van der Waals surface area contributed by atoms with Crippen LogP contribution in [0.1, 0.15) is 35.7 Å². The first kappa shape index (κ1) is 21.0. The smallest absolute Gasteiger partial charge is 0.255 e. The molecule has 0 bridgehead atoms. The van der Waals surface area contributed by atoms with Crippen LogP contribution in [-0.4, -0.2) is 18.3 Å². The summed E-state index contributed by atoms with van der Waals surface area (Å²) >= 11 is 1.76. The standard InChI is InChI=1S/C25H27NO2S/c1-2-3-7-20-10-14-22(15-11-20)26-25(27)21-12-16-23(17-13-21)28-18-19-29-24-8-5-4-6-9-24/h4-6,8-17H,2-3,7,18-19H2,1H3,(H,26,27). The maximum atomic E-state index is 12.4. The van der Waals surface area contributed by atoms with E-state index in [0.29, 0.717) is 12.2 Å². The molecule has 0 spiro atoms. The number of rotatable bonds is 10. The molecule has 29 heavy (non-hydrogen) atoms. The Balaban J connectivity index is 1.44. The molecule has 3 aromatic carbocycles. The zero-order chi connectivity index (χ0) is 20.3. The third kappa shape index (κ3) is 6.99. The molecule has 0 fully saturated rings. The van der Waals surface area contributed by atoms with E-state index in [2.05, 4.69) is 36.5 Å². The number of benzene rings is 3. The van der Waals surface area contributed by atoms with Gasteiger partial charge in [-0.15, -0.1) is 11.8 Å². The van der Waals surface area contributed by atoms with E-state index >= 15 is 0 Å². The number of anilines is 1. The number of unbranched alkanes of at least 4 members (excludes halogenated alkanes) is 1. The zero-order valence-corrected chi connectivity index (χ0v) is 17.6. The Kier molecular flexibility index (Phi) is 8.20. The number of hydrogen-bond donors (Lipinski definition) is 1. The van der Waals surface area contributed by atoms with E-state index in [1.807, 2.05) is 42.5 Å². The highest BCUT2D eigenvalue weighted by Gasteiger charge is 2.06. The Hall–Kier alpha value is -2.72. The second kappa shape index (κ2) is 11.3. The van der Waals surface area contributed by atoms with Gasteiger partial charge in [-0.25, -0.2) is 0 Å². The molecular weight excluding hydrogens is 378 g/mol. The van der Waals surface area contributed by atoms with Gasteiger partial charge in [0.05, 0.1) is 6.61 Å². The summed E-state index contributed by atoms with van der Waals surface area (Å²) in [7, 11) is 0. The van der Waals surface area contributed by atoms with Gasteiger partial charge in [-0.2, -0.15) is 0 Å². The average molecular weight is 406 g/mol. The van der Waals surface area contributed by atoms with Crippen LogP contribution in [0.25, 0.3) is 0 Å². The maximum Gasteiger partial charge on any atom is 0.255 e. The first-order valence-electron chi connectivity index (χ1n) is 10.1. The number of amides is 1. The van der Waals surface area contributed by atoms with E-state index in [1.54, 1.807) is 23.9 Å². The van der Waals surface area contributed by atoms with Crippen molar-refractivity contribution in [3.8, 4) is 5.75 Å². The molecule has 150 valence electrons. The molecule has 3 aromatic rings. The van der Waals surface area contributed by atoms with Crippen LogP contribution in [0.4, 0.5) is 5.69 Å². The van der Waals surface area contributed by atoms with Crippen molar-refractivity contribution in [2.75, 3.05) is 17.7 Å². The molecule has 0 atom stereocenters. The lowest BCUT2D eigenvalue weighted by Crippen LogP contribution is -2.11. The minimum atomic E-state index is -0.113. The number of hydrogen-bond acceptors (Lipinski definition) is 3. The Bertz CT molecular complexity index is 877. The first-order chi connectivity index (χ1) is 14.2. The molecule has 0 aromatic heterocycles. The van der Waals surface area contributed by atoms with E-state index in [9.17, 15) is 4.79 Å². The average Bonchev–Trinajstić information content (AvgIpc) is 2.77. The number of carbonyl (C=O) groups excluding carboxylic acids is 1. The summed E-state index contributed by atoms with van der Waals surface area (Å²) < 4.78 is 5.77. The molecule has 0 saturated carbocycles. The van der Waals surface area contributed by atoms with Crippen molar-refractivity contribution in [3.63, 3.8) is 0 Å². The van der Waals surface area contributed by atoms with Gasteiger partial charge in [0.15, 0.2) is 0 Å². The van der Waals surface area contributed by atoms with Gasteiger partial charge >= 0.3 is 0 Å². The lowest BCUT2D eigenvalue weighted by Gasteiger charge is -2.09. The number of carbonyl (C=O) groups is 1.